The summed E-state index contributed by atoms with van der Waals surface area (Å²) >= 11 is 3.45. The number of carboxylic acid groups (broad SMARTS) is 1. The summed E-state index contributed by atoms with van der Waals surface area (Å²) in [6.45, 7) is 1.31. The first-order chi connectivity index (χ1) is 9.66. The molecule has 102 valence electrons. The van der Waals surface area contributed by atoms with E-state index in [0.29, 0.717) is 17.9 Å². The van der Waals surface area contributed by atoms with E-state index in [9.17, 15) is 9.90 Å². The van der Waals surface area contributed by atoms with Crippen LogP contribution in [0.3, 0.4) is 0 Å². The fourth-order valence-corrected chi connectivity index (χ4v) is 2.75. The van der Waals surface area contributed by atoms with E-state index in [0.717, 1.165) is 28.7 Å². The Morgan fingerprint density at radius 2 is 2.10 bits per heavy atom. The summed E-state index contributed by atoms with van der Waals surface area (Å²) in [6.07, 6.45) is 0.718. The number of hydrogen-bond donors (Lipinski definition) is 2. The third-order valence-electron chi connectivity index (χ3n) is 3.25. The van der Waals surface area contributed by atoms with E-state index in [4.69, 9.17) is 0 Å². The highest BCUT2D eigenvalue weighted by Crippen LogP contribution is 2.27. The molecule has 3 rings (SSSR count). The van der Waals surface area contributed by atoms with Crippen molar-refractivity contribution in [1.29, 1.82) is 0 Å². The minimum Gasteiger partial charge on any atom is -0.476 e. The molecule has 0 saturated carbocycles. The third kappa shape index (κ3) is 2.32. The first kappa shape index (κ1) is 13.2. The lowest BCUT2D eigenvalue weighted by Crippen LogP contribution is -2.28. The van der Waals surface area contributed by atoms with Gasteiger partial charge in [0.2, 0.25) is 0 Å². The van der Waals surface area contributed by atoms with Crippen molar-refractivity contribution in [3.05, 3.63) is 45.7 Å². The molecule has 0 spiro atoms. The van der Waals surface area contributed by atoms with E-state index in [1.54, 1.807) is 0 Å². The fraction of sp³-hybridized carbons (Fsp3) is 0.214. The SMILES string of the molecule is O=C(O)c1nc(-c2ccccc2Br)nc2c1CNCC2. The molecule has 0 unspecified atom stereocenters. The standard InChI is InChI=1S/C14H12BrN3O2/c15-10-4-2-1-3-8(10)13-17-11-5-6-16-7-9(11)12(18-13)14(19)20/h1-4,16H,5-7H2,(H,19,20). The van der Waals surface area contributed by atoms with Crippen LogP contribution in [0.2, 0.25) is 0 Å². The van der Waals surface area contributed by atoms with E-state index in [1.807, 2.05) is 24.3 Å². The molecule has 2 aromatic rings. The van der Waals surface area contributed by atoms with Crippen LogP contribution in [-0.4, -0.2) is 27.6 Å². The van der Waals surface area contributed by atoms with Gasteiger partial charge in [-0.2, -0.15) is 0 Å². The Labute approximate surface area is 124 Å². The number of aromatic nitrogens is 2. The van der Waals surface area contributed by atoms with E-state index in [1.165, 1.54) is 0 Å². The van der Waals surface area contributed by atoms with Crippen LogP contribution < -0.4 is 5.32 Å². The van der Waals surface area contributed by atoms with Crippen LogP contribution in [0.15, 0.2) is 28.7 Å². The van der Waals surface area contributed by atoms with Crippen LogP contribution in [0.5, 0.6) is 0 Å². The molecule has 0 radical (unpaired) electrons. The van der Waals surface area contributed by atoms with Gasteiger partial charge in [0.05, 0.1) is 5.69 Å². The zero-order valence-corrected chi connectivity index (χ0v) is 12.1. The largest absolute Gasteiger partial charge is 0.476 e. The molecule has 0 aliphatic carbocycles. The zero-order valence-electron chi connectivity index (χ0n) is 10.6. The van der Waals surface area contributed by atoms with Crippen LogP contribution in [0.25, 0.3) is 11.4 Å². The number of nitrogens with one attached hydrogen (secondary N) is 1. The Bertz CT molecular complexity index is 688. The number of fused-ring (bicyclic) bond motifs is 1. The van der Waals surface area contributed by atoms with Gasteiger partial charge < -0.3 is 10.4 Å². The molecule has 0 atom stereocenters. The van der Waals surface area contributed by atoms with Gasteiger partial charge in [-0.15, -0.1) is 0 Å². The van der Waals surface area contributed by atoms with Crippen LogP contribution in [-0.2, 0) is 13.0 Å². The van der Waals surface area contributed by atoms with Crippen molar-refractivity contribution in [3.8, 4) is 11.4 Å². The Morgan fingerprint density at radius 3 is 2.85 bits per heavy atom. The predicted octanol–water partition coefficient (Wildman–Crippen LogP) is 2.25. The van der Waals surface area contributed by atoms with Crippen molar-refractivity contribution in [2.24, 2.45) is 0 Å². The molecule has 0 saturated heterocycles. The molecule has 6 heteroatoms. The first-order valence-electron chi connectivity index (χ1n) is 6.25. The normalized spacial score (nSPS) is 13.8. The molecule has 20 heavy (non-hydrogen) atoms. The third-order valence-corrected chi connectivity index (χ3v) is 3.94. The van der Waals surface area contributed by atoms with Crippen LogP contribution in [0.1, 0.15) is 21.7 Å². The number of halogens is 1. The zero-order chi connectivity index (χ0) is 14.1. The molecule has 5 nitrogen and oxygen atoms in total. The minimum absolute atomic E-state index is 0.0907. The Balaban J connectivity index is 2.20. The monoisotopic (exact) mass is 333 g/mol. The molecule has 2 N–H and O–H groups in total. The highest BCUT2D eigenvalue weighted by Gasteiger charge is 2.22. The number of nitrogens with zero attached hydrogens (tertiary/aromatic N) is 2. The van der Waals surface area contributed by atoms with E-state index < -0.39 is 5.97 Å². The number of benzene rings is 1. The number of hydrogen-bond acceptors (Lipinski definition) is 4. The second-order valence-electron chi connectivity index (χ2n) is 4.53. The average Bonchev–Trinajstić information content (AvgIpc) is 2.46. The number of carboxylic acids is 1. The summed E-state index contributed by atoms with van der Waals surface area (Å²) in [5.41, 5.74) is 2.41. The van der Waals surface area contributed by atoms with Crippen molar-refractivity contribution >= 4 is 21.9 Å². The lowest BCUT2D eigenvalue weighted by Gasteiger charge is -2.18. The van der Waals surface area contributed by atoms with Gasteiger partial charge in [-0.05, 0) is 6.07 Å². The van der Waals surface area contributed by atoms with Crippen LogP contribution in [0.4, 0.5) is 0 Å². The van der Waals surface area contributed by atoms with Gasteiger partial charge in [0, 0.05) is 35.1 Å². The van der Waals surface area contributed by atoms with Crippen LogP contribution in [0, 0.1) is 0 Å². The fourth-order valence-electron chi connectivity index (χ4n) is 2.28. The topological polar surface area (TPSA) is 75.1 Å². The van der Waals surface area contributed by atoms with Gasteiger partial charge in [-0.25, -0.2) is 14.8 Å². The number of aromatic carboxylic acids is 1. The summed E-state index contributed by atoms with van der Waals surface area (Å²) < 4.78 is 0.852. The molecular formula is C14H12BrN3O2. The molecule has 0 fully saturated rings. The van der Waals surface area contributed by atoms with Gasteiger partial charge in [0.25, 0.3) is 0 Å². The lowest BCUT2D eigenvalue weighted by molar-refractivity contribution is 0.0688. The van der Waals surface area contributed by atoms with Gasteiger partial charge >= 0.3 is 5.97 Å². The van der Waals surface area contributed by atoms with Crippen molar-refractivity contribution in [1.82, 2.24) is 15.3 Å². The van der Waals surface area contributed by atoms with Crippen molar-refractivity contribution in [2.75, 3.05) is 6.54 Å². The van der Waals surface area contributed by atoms with Crippen molar-refractivity contribution in [3.63, 3.8) is 0 Å². The van der Waals surface area contributed by atoms with Crippen LogP contribution >= 0.6 is 15.9 Å². The average molecular weight is 334 g/mol. The van der Waals surface area contributed by atoms with Crippen molar-refractivity contribution in [2.45, 2.75) is 13.0 Å². The van der Waals surface area contributed by atoms with Gasteiger partial charge in [0.1, 0.15) is 0 Å². The Hall–Kier alpha value is -1.79. The maximum Gasteiger partial charge on any atom is 0.354 e. The maximum absolute atomic E-state index is 11.4. The van der Waals surface area contributed by atoms with Gasteiger partial charge in [-0.3, -0.25) is 0 Å². The molecular weight excluding hydrogens is 322 g/mol. The summed E-state index contributed by atoms with van der Waals surface area (Å²) in [4.78, 5) is 20.2. The molecule has 1 aromatic heterocycles. The summed E-state index contributed by atoms with van der Waals surface area (Å²) in [5, 5.41) is 12.5. The first-order valence-corrected chi connectivity index (χ1v) is 7.05. The minimum atomic E-state index is -1.01. The van der Waals surface area contributed by atoms with Gasteiger partial charge in [-0.1, -0.05) is 34.1 Å². The number of carbonyl (C=O) groups is 1. The maximum atomic E-state index is 11.4. The molecule has 1 aliphatic rings. The molecule has 1 aromatic carbocycles. The summed E-state index contributed by atoms with van der Waals surface area (Å²) in [5.74, 6) is -0.559. The lowest BCUT2D eigenvalue weighted by atomic mass is 10.0. The highest BCUT2D eigenvalue weighted by molar-refractivity contribution is 9.10. The van der Waals surface area contributed by atoms with Crippen molar-refractivity contribution < 1.29 is 9.90 Å². The second kappa shape index (κ2) is 5.30. The quantitative estimate of drug-likeness (QED) is 0.881. The summed E-state index contributed by atoms with van der Waals surface area (Å²) in [6, 6.07) is 7.54. The Morgan fingerprint density at radius 1 is 1.30 bits per heavy atom. The van der Waals surface area contributed by atoms with Gasteiger partial charge in [0.15, 0.2) is 11.5 Å². The summed E-state index contributed by atoms with van der Waals surface area (Å²) in [7, 11) is 0. The van der Waals surface area contributed by atoms with E-state index in [-0.39, 0.29) is 5.69 Å². The molecule has 1 aliphatic heterocycles. The highest BCUT2D eigenvalue weighted by atomic mass is 79.9. The van der Waals surface area contributed by atoms with E-state index >= 15 is 0 Å². The Kier molecular flexibility index (Phi) is 3.50. The smallest absolute Gasteiger partial charge is 0.354 e. The second-order valence-corrected chi connectivity index (χ2v) is 5.39. The number of rotatable bonds is 2. The van der Waals surface area contributed by atoms with E-state index in [2.05, 4.69) is 31.2 Å². The predicted molar refractivity (Wildman–Crippen MR) is 77.5 cm³/mol. The molecule has 0 bridgehead atoms. The molecule has 0 amide bonds. The molecule has 2 heterocycles.